The fourth-order valence-electron chi connectivity index (χ4n) is 0.871. The summed E-state index contributed by atoms with van der Waals surface area (Å²) in [6.45, 7) is 7.41. The third-order valence-electron chi connectivity index (χ3n) is 2.42. The molecule has 0 radical (unpaired) electrons. The van der Waals surface area contributed by atoms with Crippen molar-refractivity contribution in [1.82, 2.24) is 5.32 Å². The van der Waals surface area contributed by atoms with Crippen LogP contribution in [-0.4, -0.2) is 19.0 Å². The van der Waals surface area contributed by atoms with Crippen molar-refractivity contribution in [2.75, 3.05) is 13.1 Å². The molecule has 3 heteroatoms. The Balaban J connectivity index is 3.62. The van der Waals surface area contributed by atoms with Gasteiger partial charge in [0.25, 0.3) is 0 Å². The maximum absolute atomic E-state index is 11.5. The second-order valence-electron chi connectivity index (χ2n) is 3.99. The summed E-state index contributed by atoms with van der Waals surface area (Å²) in [6.07, 6.45) is 2.82. The molecule has 0 saturated heterocycles. The third-order valence-corrected chi connectivity index (χ3v) is 2.42. The second kappa shape index (κ2) is 5.97. The minimum atomic E-state index is -0.233. The predicted octanol–water partition coefficient (Wildman–Crippen LogP) is 1.28. The highest BCUT2D eigenvalue weighted by atomic mass is 16.2. The number of carbonyl (C=O) groups is 1. The van der Waals surface area contributed by atoms with Gasteiger partial charge >= 0.3 is 0 Å². The van der Waals surface area contributed by atoms with Crippen molar-refractivity contribution < 1.29 is 4.79 Å². The lowest BCUT2D eigenvalue weighted by atomic mass is 9.89. The monoisotopic (exact) mass is 186 g/mol. The van der Waals surface area contributed by atoms with E-state index in [0.29, 0.717) is 6.54 Å². The van der Waals surface area contributed by atoms with Crippen LogP contribution in [0.25, 0.3) is 0 Å². The molecule has 0 unspecified atom stereocenters. The molecule has 1 amide bonds. The van der Waals surface area contributed by atoms with Gasteiger partial charge in [0, 0.05) is 12.0 Å². The lowest BCUT2D eigenvalue weighted by Crippen LogP contribution is -2.37. The van der Waals surface area contributed by atoms with Gasteiger partial charge in [-0.3, -0.25) is 4.79 Å². The van der Waals surface area contributed by atoms with Gasteiger partial charge in [0.2, 0.25) is 5.91 Å². The van der Waals surface area contributed by atoms with Crippen molar-refractivity contribution in [3.8, 4) is 0 Å². The molecule has 0 bridgehead atoms. The lowest BCUT2D eigenvalue weighted by Gasteiger charge is -2.21. The molecule has 3 nitrogen and oxygen atoms in total. The number of hydrogen-bond acceptors (Lipinski definition) is 2. The summed E-state index contributed by atoms with van der Waals surface area (Å²) in [5.74, 6) is 0.145. The zero-order chi connectivity index (χ0) is 10.3. The van der Waals surface area contributed by atoms with Gasteiger partial charge in [-0.15, -0.1) is 0 Å². The molecule has 0 heterocycles. The molecule has 13 heavy (non-hydrogen) atoms. The topological polar surface area (TPSA) is 55.1 Å². The first-order valence-electron chi connectivity index (χ1n) is 5.03. The van der Waals surface area contributed by atoms with E-state index in [0.717, 1.165) is 25.8 Å². The van der Waals surface area contributed by atoms with Crippen LogP contribution in [-0.2, 0) is 4.79 Å². The van der Waals surface area contributed by atoms with Crippen LogP contribution in [0.5, 0.6) is 0 Å². The Morgan fingerprint density at radius 1 is 1.38 bits per heavy atom. The maximum atomic E-state index is 11.5. The molecular weight excluding hydrogens is 164 g/mol. The number of carbonyl (C=O) groups excluding carboxylic acids is 1. The SMILES string of the molecule is CCC(C)(C)C(=O)NCCCCN. The van der Waals surface area contributed by atoms with Gasteiger partial charge in [0.15, 0.2) is 0 Å². The predicted molar refractivity (Wildman–Crippen MR) is 55.4 cm³/mol. The molecule has 0 aliphatic carbocycles. The highest BCUT2D eigenvalue weighted by Crippen LogP contribution is 2.19. The Labute approximate surface area is 81.1 Å². The summed E-state index contributed by atoms with van der Waals surface area (Å²) < 4.78 is 0. The van der Waals surface area contributed by atoms with E-state index in [1.54, 1.807) is 0 Å². The van der Waals surface area contributed by atoms with Crippen molar-refractivity contribution in [3.63, 3.8) is 0 Å². The van der Waals surface area contributed by atoms with Crippen LogP contribution in [0.1, 0.15) is 40.0 Å². The zero-order valence-electron chi connectivity index (χ0n) is 9.02. The molecule has 0 saturated carbocycles. The Morgan fingerprint density at radius 2 is 2.00 bits per heavy atom. The van der Waals surface area contributed by atoms with E-state index < -0.39 is 0 Å². The van der Waals surface area contributed by atoms with Gasteiger partial charge in [0.1, 0.15) is 0 Å². The number of nitrogens with two attached hydrogens (primary N) is 1. The van der Waals surface area contributed by atoms with Crippen molar-refractivity contribution in [3.05, 3.63) is 0 Å². The van der Waals surface area contributed by atoms with E-state index in [1.807, 2.05) is 20.8 Å². The second-order valence-corrected chi connectivity index (χ2v) is 3.99. The molecular formula is C10H22N2O. The van der Waals surface area contributed by atoms with Crippen LogP contribution in [0.3, 0.4) is 0 Å². The van der Waals surface area contributed by atoms with Crippen LogP contribution < -0.4 is 11.1 Å². The number of hydrogen-bond donors (Lipinski definition) is 2. The minimum absolute atomic E-state index is 0.145. The van der Waals surface area contributed by atoms with Crippen molar-refractivity contribution in [2.45, 2.75) is 40.0 Å². The molecule has 0 fully saturated rings. The Kier molecular flexibility index (Phi) is 5.71. The fraction of sp³-hybridized carbons (Fsp3) is 0.900. The van der Waals surface area contributed by atoms with Crippen LogP contribution in [0.4, 0.5) is 0 Å². The van der Waals surface area contributed by atoms with Gasteiger partial charge in [-0.1, -0.05) is 20.8 Å². The van der Waals surface area contributed by atoms with Crippen molar-refractivity contribution >= 4 is 5.91 Å². The summed E-state index contributed by atoms with van der Waals surface area (Å²) in [7, 11) is 0. The third kappa shape index (κ3) is 4.88. The summed E-state index contributed by atoms with van der Waals surface area (Å²) in [5, 5.41) is 2.91. The van der Waals surface area contributed by atoms with Gasteiger partial charge in [-0.25, -0.2) is 0 Å². The van der Waals surface area contributed by atoms with E-state index in [4.69, 9.17) is 5.73 Å². The molecule has 0 aromatic rings. The van der Waals surface area contributed by atoms with Gasteiger partial charge in [0.05, 0.1) is 0 Å². The molecule has 0 spiro atoms. The standard InChI is InChI=1S/C10H22N2O/c1-4-10(2,3)9(13)12-8-6-5-7-11/h4-8,11H2,1-3H3,(H,12,13). The Hall–Kier alpha value is -0.570. The number of nitrogens with one attached hydrogen (secondary N) is 1. The van der Waals surface area contributed by atoms with Crippen LogP contribution in [0.15, 0.2) is 0 Å². The largest absolute Gasteiger partial charge is 0.356 e. The fourth-order valence-corrected chi connectivity index (χ4v) is 0.871. The Morgan fingerprint density at radius 3 is 2.46 bits per heavy atom. The maximum Gasteiger partial charge on any atom is 0.225 e. The van der Waals surface area contributed by atoms with Gasteiger partial charge in [-0.05, 0) is 25.8 Å². The van der Waals surface area contributed by atoms with E-state index >= 15 is 0 Å². The van der Waals surface area contributed by atoms with E-state index in [-0.39, 0.29) is 11.3 Å². The summed E-state index contributed by atoms with van der Waals surface area (Å²) >= 11 is 0. The highest BCUT2D eigenvalue weighted by Gasteiger charge is 2.24. The van der Waals surface area contributed by atoms with Crippen molar-refractivity contribution in [1.29, 1.82) is 0 Å². The molecule has 0 rings (SSSR count). The zero-order valence-corrected chi connectivity index (χ0v) is 9.02. The molecule has 0 aromatic heterocycles. The first-order chi connectivity index (χ1) is 6.04. The smallest absolute Gasteiger partial charge is 0.225 e. The first-order valence-corrected chi connectivity index (χ1v) is 5.03. The minimum Gasteiger partial charge on any atom is -0.356 e. The van der Waals surface area contributed by atoms with Crippen molar-refractivity contribution in [2.24, 2.45) is 11.1 Å². The first kappa shape index (κ1) is 12.4. The quantitative estimate of drug-likeness (QED) is 0.614. The summed E-state index contributed by atoms with van der Waals surface area (Å²) in [6, 6.07) is 0. The molecule has 0 aromatic carbocycles. The van der Waals surface area contributed by atoms with E-state index in [2.05, 4.69) is 5.32 Å². The van der Waals surface area contributed by atoms with Gasteiger partial charge in [-0.2, -0.15) is 0 Å². The number of unbranched alkanes of at least 4 members (excludes halogenated alkanes) is 1. The molecule has 78 valence electrons. The van der Waals surface area contributed by atoms with Crippen LogP contribution >= 0.6 is 0 Å². The molecule has 0 aliphatic heterocycles. The number of amides is 1. The average Bonchev–Trinajstić information content (AvgIpc) is 2.12. The lowest BCUT2D eigenvalue weighted by molar-refractivity contribution is -0.129. The summed E-state index contributed by atoms with van der Waals surface area (Å²) in [4.78, 5) is 11.5. The van der Waals surface area contributed by atoms with Crippen LogP contribution in [0.2, 0.25) is 0 Å². The van der Waals surface area contributed by atoms with Crippen LogP contribution in [0, 0.1) is 5.41 Å². The highest BCUT2D eigenvalue weighted by molar-refractivity contribution is 5.81. The van der Waals surface area contributed by atoms with E-state index in [1.165, 1.54) is 0 Å². The average molecular weight is 186 g/mol. The summed E-state index contributed by atoms with van der Waals surface area (Å²) in [5.41, 5.74) is 5.11. The van der Waals surface area contributed by atoms with Gasteiger partial charge < -0.3 is 11.1 Å². The Bertz CT molecular complexity index is 155. The van der Waals surface area contributed by atoms with E-state index in [9.17, 15) is 4.79 Å². The normalized spacial score (nSPS) is 11.4. The molecule has 0 atom stereocenters. The molecule has 0 aliphatic rings. The molecule has 3 N–H and O–H groups in total. The number of rotatable bonds is 6.